The number of rotatable bonds is 8. The van der Waals surface area contributed by atoms with Gasteiger partial charge in [0, 0.05) is 30.5 Å². The number of likely N-dealkylation sites (N-methyl/N-ethyl adjacent to an activating group) is 1. The summed E-state index contributed by atoms with van der Waals surface area (Å²) in [5.74, 6) is 0.419. The number of carbonyl (C=O) groups is 2. The molecule has 1 N–H and O–H groups in total. The van der Waals surface area contributed by atoms with Crippen molar-refractivity contribution in [1.29, 1.82) is 0 Å². The molecule has 26 heavy (non-hydrogen) atoms. The molecule has 0 aliphatic rings. The standard InChI is InChI=1S/C19H22BrN3O2S/c1-23(13-14-6-5-10-21-12-14)19(25)17(9-11-26-2)22-18(24)15-7-3-4-8-16(15)20/h3-8,10,12,17H,9,11,13H2,1-2H3,(H,22,24). The smallest absolute Gasteiger partial charge is 0.253 e. The van der Waals surface area contributed by atoms with E-state index in [-0.39, 0.29) is 11.8 Å². The van der Waals surface area contributed by atoms with Gasteiger partial charge in [-0.25, -0.2) is 0 Å². The van der Waals surface area contributed by atoms with Crippen LogP contribution in [0, 0.1) is 0 Å². The highest BCUT2D eigenvalue weighted by atomic mass is 79.9. The number of hydrogen-bond acceptors (Lipinski definition) is 4. The molecule has 1 aromatic carbocycles. The second-order valence-electron chi connectivity index (χ2n) is 5.84. The van der Waals surface area contributed by atoms with Crippen molar-refractivity contribution >= 4 is 39.5 Å². The number of nitrogens with one attached hydrogen (secondary N) is 1. The van der Waals surface area contributed by atoms with Gasteiger partial charge in [-0.15, -0.1) is 0 Å². The number of pyridine rings is 1. The molecular formula is C19H22BrN3O2S. The molecule has 138 valence electrons. The lowest BCUT2D eigenvalue weighted by Crippen LogP contribution is -2.47. The Morgan fingerprint density at radius 1 is 1.27 bits per heavy atom. The second-order valence-corrected chi connectivity index (χ2v) is 7.68. The van der Waals surface area contributed by atoms with Crippen molar-refractivity contribution in [1.82, 2.24) is 15.2 Å². The summed E-state index contributed by atoms with van der Waals surface area (Å²) in [6.45, 7) is 0.452. The molecule has 2 rings (SSSR count). The van der Waals surface area contributed by atoms with Gasteiger partial charge in [-0.05, 0) is 58.1 Å². The van der Waals surface area contributed by atoms with E-state index in [1.54, 1.807) is 48.2 Å². The zero-order valence-corrected chi connectivity index (χ0v) is 17.2. The number of benzene rings is 1. The summed E-state index contributed by atoms with van der Waals surface area (Å²) in [6, 6.07) is 10.4. The van der Waals surface area contributed by atoms with E-state index < -0.39 is 6.04 Å². The predicted molar refractivity (Wildman–Crippen MR) is 109 cm³/mol. The maximum Gasteiger partial charge on any atom is 0.253 e. The average molecular weight is 436 g/mol. The van der Waals surface area contributed by atoms with E-state index in [1.807, 2.05) is 30.5 Å². The first-order chi connectivity index (χ1) is 12.5. The first-order valence-electron chi connectivity index (χ1n) is 8.21. The van der Waals surface area contributed by atoms with Gasteiger partial charge in [0.05, 0.1) is 5.56 Å². The molecule has 0 fully saturated rings. The van der Waals surface area contributed by atoms with Crippen molar-refractivity contribution in [2.75, 3.05) is 19.1 Å². The van der Waals surface area contributed by atoms with Crippen LogP contribution in [0.25, 0.3) is 0 Å². The Balaban J connectivity index is 2.08. The van der Waals surface area contributed by atoms with Crippen LogP contribution in [0.4, 0.5) is 0 Å². The van der Waals surface area contributed by atoms with Gasteiger partial charge in [0.2, 0.25) is 5.91 Å². The van der Waals surface area contributed by atoms with E-state index in [0.29, 0.717) is 23.0 Å². The van der Waals surface area contributed by atoms with Crippen molar-refractivity contribution in [3.8, 4) is 0 Å². The molecule has 2 aromatic rings. The van der Waals surface area contributed by atoms with Crippen LogP contribution in [0.3, 0.4) is 0 Å². The lowest BCUT2D eigenvalue weighted by Gasteiger charge is -2.25. The van der Waals surface area contributed by atoms with Crippen molar-refractivity contribution in [3.05, 3.63) is 64.4 Å². The van der Waals surface area contributed by atoms with E-state index in [0.717, 1.165) is 11.3 Å². The molecule has 1 atom stereocenters. The van der Waals surface area contributed by atoms with Gasteiger partial charge in [0.1, 0.15) is 6.04 Å². The van der Waals surface area contributed by atoms with Crippen molar-refractivity contribution in [2.45, 2.75) is 19.0 Å². The number of amides is 2. The Bertz CT molecular complexity index is 743. The van der Waals surface area contributed by atoms with Crippen molar-refractivity contribution in [3.63, 3.8) is 0 Å². The molecule has 1 aromatic heterocycles. The van der Waals surface area contributed by atoms with E-state index in [2.05, 4.69) is 26.2 Å². The van der Waals surface area contributed by atoms with Gasteiger partial charge in [-0.2, -0.15) is 11.8 Å². The molecule has 1 unspecified atom stereocenters. The van der Waals surface area contributed by atoms with Crippen LogP contribution >= 0.6 is 27.7 Å². The molecule has 0 aliphatic carbocycles. The minimum absolute atomic E-state index is 0.108. The Hall–Kier alpha value is -1.86. The summed E-state index contributed by atoms with van der Waals surface area (Å²) in [4.78, 5) is 31.2. The molecule has 7 heteroatoms. The van der Waals surface area contributed by atoms with Crippen molar-refractivity contribution < 1.29 is 9.59 Å². The Morgan fingerprint density at radius 2 is 2.04 bits per heavy atom. The Kier molecular flexibility index (Phi) is 8.12. The third-order valence-electron chi connectivity index (χ3n) is 3.85. The van der Waals surface area contributed by atoms with Gasteiger partial charge in [0.15, 0.2) is 0 Å². The van der Waals surface area contributed by atoms with Crippen LogP contribution in [0.2, 0.25) is 0 Å². The van der Waals surface area contributed by atoms with E-state index >= 15 is 0 Å². The predicted octanol–water partition coefficient (Wildman–Crippen LogP) is 3.35. The fourth-order valence-electron chi connectivity index (χ4n) is 2.48. The minimum Gasteiger partial charge on any atom is -0.340 e. The molecule has 2 amide bonds. The van der Waals surface area contributed by atoms with Gasteiger partial charge < -0.3 is 10.2 Å². The van der Waals surface area contributed by atoms with Crippen LogP contribution in [0.1, 0.15) is 22.3 Å². The number of thioether (sulfide) groups is 1. The highest BCUT2D eigenvalue weighted by Gasteiger charge is 2.24. The fraction of sp³-hybridized carbons (Fsp3) is 0.316. The third-order valence-corrected chi connectivity index (χ3v) is 5.19. The summed E-state index contributed by atoms with van der Waals surface area (Å²) in [7, 11) is 1.74. The highest BCUT2D eigenvalue weighted by Crippen LogP contribution is 2.16. The molecule has 0 bridgehead atoms. The maximum atomic E-state index is 12.9. The Labute approximate surface area is 166 Å². The molecule has 0 spiro atoms. The number of carbonyl (C=O) groups excluding carboxylic acids is 2. The lowest BCUT2D eigenvalue weighted by molar-refractivity contribution is -0.132. The summed E-state index contributed by atoms with van der Waals surface area (Å²) < 4.78 is 0.706. The second kappa shape index (κ2) is 10.3. The summed E-state index contributed by atoms with van der Waals surface area (Å²) >= 11 is 5.03. The van der Waals surface area contributed by atoms with Crippen LogP contribution in [-0.4, -0.2) is 46.8 Å². The zero-order valence-electron chi connectivity index (χ0n) is 14.8. The zero-order chi connectivity index (χ0) is 18.9. The minimum atomic E-state index is -0.566. The number of aromatic nitrogens is 1. The summed E-state index contributed by atoms with van der Waals surface area (Å²) in [5, 5.41) is 2.89. The molecule has 0 saturated carbocycles. The lowest BCUT2D eigenvalue weighted by atomic mass is 10.1. The number of hydrogen-bond donors (Lipinski definition) is 1. The summed E-state index contributed by atoms with van der Waals surface area (Å²) in [6.07, 6.45) is 5.99. The van der Waals surface area contributed by atoms with Crippen LogP contribution in [0.15, 0.2) is 53.3 Å². The molecule has 0 aliphatic heterocycles. The molecule has 5 nitrogen and oxygen atoms in total. The number of halogens is 1. The monoisotopic (exact) mass is 435 g/mol. The fourth-order valence-corrected chi connectivity index (χ4v) is 3.42. The quantitative estimate of drug-likeness (QED) is 0.690. The summed E-state index contributed by atoms with van der Waals surface area (Å²) in [5.41, 5.74) is 1.47. The number of nitrogens with zero attached hydrogens (tertiary/aromatic N) is 2. The first kappa shape index (κ1) is 20.5. The maximum absolute atomic E-state index is 12.9. The van der Waals surface area contributed by atoms with Crippen molar-refractivity contribution in [2.24, 2.45) is 0 Å². The van der Waals surface area contributed by atoms with Gasteiger partial charge in [0.25, 0.3) is 5.91 Å². The van der Waals surface area contributed by atoms with Crippen LogP contribution in [0.5, 0.6) is 0 Å². The first-order valence-corrected chi connectivity index (χ1v) is 10.4. The van der Waals surface area contributed by atoms with E-state index in [4.69, 9.17) is 0 Å². The van der Waals surface area contributed by atoms with Gasteiger partial charge >= 0.3 is 0 Å². The van der Waals surface area contributed by atoms with E-state index in [1.165, 1.54) is 0 Å². The normalized spacial score (nSPS) is 11.7. The van der Waals surface area contributed by atoms with E-state index in [9.17, 15) is 9.59 Å². The Morgan fingerprint density at radius 3 is 2.69 bits per heavy atom. The van der Waals surface area contributed by atoms with Crippen LogP contribution < -0.4 is 5.32 Å². The van der Waals surface area contributed by atoms with Gasteiger partial charge in [-0.3, -0.25) is 14.6 Å². The van der Waals surface area contributed by atoms with Gasteiger partial charge in [-0.1, -0.05) is 18.2 Å². The SMILES string of the molecule is CSCCC(NC(=O)c1ccccc1Br)C(=O)N(C)Cc1cccnc1. The molecule has 0 radical (unpaired) electrons. The largest absolute Gasteiger partial charge is 0.340 e. The third kappa shape index (κ3) is 5.85. The molecule has 0 saturated heterocycles. The molecule has 1 heterocycles. The topological polar surface area (TPSA) is 62.3 Å². The molecular weight excluding hydrogens is 414 g/mol. The highest BCUT2D eigenvalue weighted by molar-refractivity contribution is 9.10. The van der Waals surface area contributed by atoms with Crippen LogP contribution in [-0.2, 0) is 11.3 Å². The average Bonchev–Trinajstić information content (AvgIpc) is 2.65.